The molecule has 2 heterocycles. The Morgan fingerprint density at radius 2 is 1.79 bits per heavy atom. The van der Waals surface area contributed by atoms with Gasteiger partial charge in [-0.05, 0) is 61.6 Å². The minimum atomic E-state index is -1.25. The van der Waals surface area contributed by atoms with E-state index in [9.17, 15) is 18.8 Å². The molecule has 0 aliphatic carbocycles. The van der Waals surface area contributed by atoms with Crippen molar-refractivity contribution in [3.8, 4) is 11.5 Å². The second kappa shape index (κ2) is 10.7. The molecule has 38 heavy (non-hydrogen) atoms. The number of carbonyl (C=O) groups is 3. The number of nitrogens with one attached hydrogen (secondary N) is 1. The lowest BCUT2D eigenvalue weighted by molar-refractivity contribution is -0.124. The first-order chi connectivity index (χ1) is 18.0. The Balaban J connectivity index is 1.91. The van der Waals surface area contributed by atoms with Crippen molar-refractivity contribution < 1.29 is 28.2 Å². The summed E-state index contributed by atoms with van der Waals surface area (Å²) in [6.07, 6.45) is 0.608. The van der Waals surface area contributed by atoms with Gasteiger partial charge in [-0.15, -0.1) is 0 Å². The number of ether oxygens (including phenoxy) is 2. The fourth-order valence-corrected chi connectivity index (χ4v) is 4.60. The molecule has 2 aromatic carbocycles. The molecule has 10 nitrogen and oxygen atoms in total. The van der Waals surface area contributed by atoms with E-state index in [0.29, 0.717) is 48.2 Å². The minimum Gasteiger partial charge on any atom is -0.486 e. The number of halogens is 1. The first kappa shape index (κ1) is 26.9. The maximum absolute atomic E-state index is 14.1. The molecule has 0 unspecified atom stereocenters. The topological polar surface area (TPSA) is 150 Å². The number of nitrogens with two attached hydrogens (primary N) is 2. The second-order valence-electron chi connectivity index (χ2n) is 9.32. The van der Waals surface area contributed by atoms with Gasteiger partial charge in [-0.1, -0.05) is 19.1 Å². The molecule has 1 atom stereocenters. The van der Waals surface area contributed by atoms with E-state index < -0.39 is 35.1 Å². The SMILES string of the molecule is CCC(C)(C)NC(=O)[C@H](c1ccc(F)cc1)N(C(=O)c1snc(C(N)=O)c1N)c1ccc2c(c1)OCCO2. The van der Waals surface area contributed by atoms with Gasteiger partial charge in [-0.3, -0.25) is 19.3 Å². The van der Waals surface area contributed by atoms with Crippen LogP contribution in [0, 0.1) is 5.82 Å². The van der Waals surface area contributed by atoms with Crippen LogP contribution in [0.5, 0.6) is 11.5 Å². The molecule has 0 saturated heterocycles. The van der Waals surface area contributed by atoms with E-state index in [2.05, 4.69) is 9.69 Å². The van der Waals surface area contributed by atoms with E-state index in [-0.39, 0.29) is 21.9 Å². The van der Waals surface area contributed by atoms with Gasteiger partial charge in [0.05, 0.1) is 5.69 Å². The molecular formula is C26H28FN5O5S. The van der Waals surface area contributed by atoms with Crippen LogP contribution in [0.2, 0.25) is 0 Å². The summed E-state index contributed by atoms with van der Waals surface area (Å²) in [7, 11) is 0. The number of anilines is 2. The third-order valence-corrected chi connectivity index (χ3v) is 7.07. The lowest BCUT2D eigenvalue weighted by Gasteiger charge is -2.35. The number of rotatable bonds is 8. The first-order valence-electron chi connectivity index (χ1n) is 11.9. The van der Waals surface area contributed by atoms with Crippen molar-refractivity contribution in [1.29, 1.82) is 0 Å². The highest BCUT2D eigenvalue weighted by Gasteiger charge is 2.38. The summed E-state index contributed by atoms with van der Waals surface area (Å²) < 4.78 is 29.1. The van der Waals surface area contributed by atoms with Gasteiger partial charge in [0.1, 0.15) is 29.9 Å². The Hall–Kier alpha value is -4.19. The Kier molecular flexibility index (Phi) is 7.53. The van der Waals surface area contributed by atoms with Crippen LogP contribution >= 0.6 is 11.5 Å². The summed E-state index contributed by atoms with van der Waals surface area (Å²) in [4.78, 5) is 40.9. The van der Waals surface area contributed by atoms with E-state index in [0.717, 1.165) is 0 Å². The van der Waals surface area contributed by atoms with Gasteiger partial charge in [0.2, 0.25) is 5.91 Å². The summed E-state index contributed by atoms with van der Waals surface area (Å²) in [5, 5.41) is 2.98. The standard InChI is InChI=1S/C26H28FN5O5S/c1-4-26(2,3)30-24(34)21(14-5-7-15(27)8-6-14)32(16-9-10-17-18(13-16)37-12-11-36-17)25(35)22-19(28)20(23(29)33)31-38-22/h5-10,13,21H,4,11-12,28H2,1-3H3,(H2,29,33)(H,30,34)/t21-/m0/s1. The van der Waals surface area contributed by atoms with Crippen LogP contribution in [0.4, 0.5) is 15.8 Å². The second-order valence-corrected chi connectivity index (χ2v) is 10.1. The lowest BCUT2D eigenvalue weighted by atomic mass is 9.98. The molecule has 4 rings (SSSR count). The van der Waals surface area contributed by atoms with Crippen molar-refractivity contribution in [2.45, 2.75) is 38.8 Å². The number of carbonyl (C=O) groups excluding carboxylic acids is 3. The van der Waals surface area contributed by atoms with Crippen molar-refractivity contribution in [2.24, 2.45) is 5.73 Å². The largest absolute Gasteiger partial charge is 0.486 e. The molecule has 3 amide bonds. The van der Waals surface area contributed by atoms with Gasteiger partial charge >= 0.3 is 0 Å². The molecule has 0 radical (unpaired) electrons. The lowest BCUT2D eigenvalue weighted by Crippen LogP contribution is -2.50. The maximum Gasteiger partial charge on any atom is 0.273 e. The average Bonchev–Trinajstić information content (AvgIpc) is 3.28. The van der Waals surface area contributed by atoms with E-state index in [4.69, 9.17) is 20.9 Å². The fourth-order valence-electron chi connectivity index (χ4n) is 3.86. The monoisotopic (exact) mass is 541 g/mol. The molecule has 3 aromatic rings. The van der Waals surface area contributed by atoms with Gasteiger partial charge < -0.3 is 26.3 Å². The average molecular weight is 542 g/mol. The molecule has 12 heteroatoms. The number of amides is 3. The van der Waals surface area contributed by atoms with Crippen LogP contribution in [0.15, 0.2) is 42.5 Å². The summed E-state index contributed by atoms with van der Waals surface area (Å²) >= 11 is 0.694. The van der Waals surface area contributed by atoms with Crippen molar-refractivity contribution >= 4 is 40.6 Å². The number of primary amides is 1. The zero-order chi connectivity index (χ0) is 27.6. The highest BCUT2D eigenvalue weighted by atomic mass is 32.1. The molecule has 0 spiro atoms. The number of nitrogens with zero attached hydrogens (tertiary/aromatic N) is 2. The van der Waals surface area contributed by atoms with Crippen molar-refractivity contribution in [2.75, 3.05) is 23.8 Å². The summed E-state index contributed by atoms with van der Waals surface area (Å²) in [5.74, 6) is -1.74. The van der Waals surface area contributed by atoms with Crippen LogP contribution in [0.1, 0.15) is 59.0 Å². The molecule has 0 fully saturated rings. The van der Waals surface area contributed by atoms with E-state index in [1.54, 1.807) is 18.2 Å². The molecule has 0 saturated carbocycles. The molecule has 5 N–H and O–H groups in total. The quantitative estimate of drug-likeness (QED) is 0.395. The zero-order valence-electron chi connectivity index (χ0n) is 21.1. The van der Waals surface area contributed by atoms with Gasteiger partial charge in [-0.25, -0.2) is 4.39 Å². The van der Waals surface area contributed by atoms with Crippen molar-refractivity contribution in [1.82, 2.24) is 9.69 Å². The Morgan fingerprint density at radius 3 is 2.39 bits per heavy atom. The number of nitrogen functional groups attached to an aromatic ring is 1. The number of benzene rings is 2. The molecule has 1 aromatic heterocycles. The van der Waals surface area contributed by atoms with Crippen LogP contribution in [0.25, 0.3) is 0 Å². The summed E-state index contributed by atoms with van der Waals surface area (Å²) in [6.45, 7) is 6.29. The Morgan fingerprint density at radius 1 is 1.13 bits per heavy atom. The van der Waals surface area contributed by atoms with Gasteiger partial charge in [0.25, 0.3) is 11.8 Å². The Bertz CT molecular complexity index is 1370. The molecule has 1 aliphatic heterocycles. The molecule has 0 bridgehead atoms. The first-order valence-corrected chi connectivity index (χ1v) is 12.7. The van der Waals surface area contributed by atoms with Crippen LogP contribution in [-0.2, 0) is 4.79 Å². The fraction of sp³-hybridized carbons (Fsp3) is 0.308. The van der Waals surface area contributed by atoms with E-state index in [1.165, 1.54) is 29.2 Å². The van der Waals surface area contributed by atoms with E-state index >= 15 is 0 Å². The van der Waals surface area contributed by atoms with Gasteiger partial charge in [0.15, 0.2) is 17.2 Å². The van der Waals surface area contributed by atoms with Crippen molar-refractivity contribution in [3.05, 3.63) is 64.4 Å². The minimum absolute atomic E-state index is 0.0802. The van der Waals surface area contributed by atoms with Gasteiger partial charge in [0, 0.05) is 17.3 Å². The third-order valence-electron chi connectivity index (χ3n) is 6.22. The molecule has 1 aliphatic rings. The normalized spacial score (nSPS) is 13.5. The predicted octanol–water partition coefficient (Wildman–Crippen LogP) is 3.43. The van der Waals surface area contributed by atoms with Gasteiger partial charge in [-0.2, -0.15) is 4.37 Å². The number of aromatic nitrogens is 1. The van der Waals surface area contributed by atoms with Crippen molar-refractivity contribution in [3.63, 3.8) is 0 Å². The number of hydrogen-bond donors (Lipinski definition) is 3. The van der Waals surface area contributed by atoms with Crippen LogP contribution < -0.4 is 31.2 Å². The third kappa shape index (κ3) is 5.40. The number of fused-ring (bicyclic) bond motifs is 1. The summed E-state index contributed by atoms with van der Waals surface area (Å²) in [5.41, 5.74) is 11.0. The highest BCUT2D eigenvalue weighted by Crippen LogP contribution is 2.39. The molecule has 200 valence electrons. The maximum atomic E-state index is 14.1. The predicted molar refractivity (Wildman–Crippen MR) is 141 cm³/mol. The highest BCUT2D eigenvalue weighted by molar-refractivity contribution is 7.09. The van der Waals surface area contributed by atoms with Crippen LogP contribution in [-0.4, -0.2) is 40.8 Å². The van der Waals surface area contributed by atoms with Crippen LogP contribution in [0.3, 0.4) is 0 Å². The Labute approximate surface area is 222 Å². The number of hydrogen-bond acceptors (Lipinski definition) is 8. The summed E-state index contributed by atoms with van der Waals surface area (Å²) in [6, 6.07) is 8.84. The van der Waals surface area contributed by atoms with E-state index in [1.807, 2.05) is 20.8 Å². The zero-order valence-corrected chi connectivity index (χ0v) is 21.9. The smallest absolute Gasteiger partial charge is 0.273 e. The molecular weight excluding hydrogens is 513 g/mol.